The van der Waals surface area contributed by atoms with E-state index in [0.717, 1.165) is 25.7 Å². The van der Waals surface area contributed by atoms with E-state index >= 15 is 0 Å². The lowest BCUT2D eigenvalue weighted by Gasteiger charge is -2.33. The smallest absolute Gasteiger partial charge is 0.267 e. The highest BCUT2D eigenvalue weighted by molar-refractivity contribution is 5.98. The number of nitrogens with one attached hydrogen (secondary N) is 4. The number of amides is 2. The summed E-state index contributed by atoms with van der Waals surface area (Å²) in [4.78, 5) is 43.0. The van der Waals surface area contributed by atoms with Crippen molar-refractivity contribution >= 4 is 29.3 Å². The SMILES string of the molecule is CNC(=O)c1cccc(Nc2nc(NCC3(N)CCCCC3)[nH]c(=O)c2C(N)=O)c1. The molecule has 0 radical (unpaired) electrons. The predicted molar refractivity (Wildman–Crippen MR) is 115 cm³/mol. The Labute approximate surface area is 173 Å². The van der Waals surface area contributed by atoms with E-state index in [1.165, 1.54) is 13.5 Å². The van der Waals surface area contributed by atoms with E-state index < -0.39 is 11.5 Å². The summed E-state index contributed by atoms with van der Waals surface area (Å²) in [5, 5.41) is 8.54. The molecular weight excluding hydrogens is 386 g/mol. The topological polar surface area (TPSA) is 168 Å². The van der Waals surface area contributed by atoms with Crippen LogP contribution in [0.5, 0.6) is 0 Å². The molecule has 0 saturated heterocycles. The third-order valence-electron chi connectivity index (χ3n) is 5.24. The summed E-state index contributed by atoms with van der Waals surface area (Å²) in [5.41, 5.74) is 11.4. The van der Waals surface area contributed by atoms with Gasteiger partial charge in [-0.2, -0.15) is 4.98 Å². The van der Waals surface area contributed by atoms with Crippen molar-refractivity contribution in [1.82, 2.24) is 15.3 Å². The molecule has 0 atom stereocenters. The standard InChI is InChI=1S/C20H27N7O3/c1-23-17(29)12-6-5-7-13(10-12)25-16-14(15(21)28)18(30)27-19(26-16)24-11-20(22)8-3-2-4-9-20/h5-7,10H,2-4,8-9,11,22H2,1H3,(H2,21,28)(H,23,29)(H3,24,25,26,27,30). The largest absolute Gasteiger partial charge is 0.365 e. The van der Waals surface area contributed by atoms with Crippen molar-refractivity contribution < 1.29 is 9.59 Å². The van der Waals surface area contributed by atoms with Crippen molar-refractivity contribution in [2.24, 2.45) is 11.5 Å². The monoisotopic (exact) mass is 413 g/mol. The van der Waals surface area contributed by atoms with Crippen LogP contribution >= 0.6 is 0 Å². The van der Waals surface area contributed by atoms with Gasteiger partial charge in [-0.3, -0.25) is 19.4 Å². The van der Waals surface area contributed by atoms with Gasteiger partial charge in [-0.15, -0.1) is 0 Å². The zero-order chi connectivity index (χ0) is 21.7. The Kier molecular flexibility index (Phi) is 6.36. The minimum absolute atomic E-state index is 0.00229. The van der Waals surface area contributed by atoms with E-state index in [1.807, 2.05) is 0 Å². The normalized spacial score (nSPS) is 15.3. The van der Waals surface area contributed by atoms with Crippen molar-refractivity contribution in [3.8, 4) is 0 Å². The Morgan fingerprint density at radius 1 is 1.23 bits per heavy atom. The Morgan fingerprint density at radius 2 is 1.97 bits per heavy atom. The molecule has 0 aliphatic heterocycles. The van der Waals surface area contributed by atoms with Gasteiger partial charge in [0.05, 0.1) is 0 Å². The van der Waals surface area contributed by atoms with Crippen LogP contribution in [0.3, 0.4) is 0 Å². The molecule has 1 heterocycles. The van der Waals surface area contributed by atoms with Crippen LogP contribution in [0.2, 0.25) is 0 Å². The number of benzene rings is 1. The van der Waals surface area contributed by atoms with Gasteiger partial charge in [0, 0.05) is 30.4 Å². The molecule has 1 aliphatic carbocycles. The molecule has 1 aromatic carbocycles. The first-order valence-corrected chi connectivity index (χ1v) is 9.87. The first kappa shape index (κ1) is 21.3. The summed E-state index contributed by atoms with van der Waals surface area (Å²) in [7, 11) is 1.53. The van der Waals surface area contributed by atoms with E-state index in [4.69, 9.17) is 11.5 Å². The van der Waals surface area contributed by atoms with Crippen LogP contribution in [0.15, 0.2) is 29.1 Å². The molecule has 1 saturated carbocycles. The van der Waals surface area contributed by atoms with Crippen LogP contribution < -0.4 is 33.0 Å². The lowest BCUT2D eigenvalue weighted by Crippen LogP contribution is -2.48. The van der Waals surface area contributed by atoms with E-state index in [-0.39, 0.29) is 28.8 Å². The van der Waals surface area contributed by atoms with Gasteiger partial charge in [0.1, 0.15) is 5.56 Å². The fourth-order valence-corrected chi connectivity index (χ4v) is 3.59. The first-order chi connectivity index (χ1) is 14.3. The number of H-pyrrole nitrogens is 1. The number of nitrogens with two attached hydrogens (primary N) is 2. The van der Waals surface area contributed by atoms with E-state index in [0.29, 0.717) is 17.8 Å². The van der Waals surface area contributed by atoms with Crippen LogP contribution in [0.1, 0.15) is 52.8 Å². The first-order valence-electron chi connectivity index (χ1n) is 9.87. The lowest BCUT2D eigenvalue weighted by molar-refractivity contribution is 0.0961. The Balaban J connectivity index is 1.88. The molecule has 1 aliphatic rings. The Morgan fingerprint density at radius 3 is 2.63 bits per heavy atom. The number of aromatic nitrogens is 2. The molecule has 0 unspecified atom stereocenters. The van der Waals surface area contributed by atoms with Gasteiger partial charge in [-0.1, -0.05) is 25.3 Å². The van der Waals surface area contributed by atoms with Crippen LogP contribution in [0.25, 0.3) is 0 Å². The predicted octanol–water partition coefficient (Wildman–Crippen LogP) is 1.05. The zero-order valence-electron chi connectivity index (χ0n) is 16.9. The van der Waals surface area contributed by atoms with Crippen LogP contribution in [0, 0.1) is 0 Å². The molecule has 8 N–H and O–H groups in total. The van der Waals surface area contributed by atoms with Crippen molar-refractivity contribution in [3.63, 3.8) is 0 Å². The number of aromatic amines is 1. The zero-order valence-corrected chi connectivity index (χ0v) is 16.9. The second kappa shape index (κ2) is 8.95. The van der Waals surface area contributed by atoms with Crippen molar-refractivity contribution in [3.05, 3.63) is 45.7 Å². The summed E-state index contributed by atoms with van der Waals surface area (Å²) in [6.45, 7) is 0.442. The lowest BCUT2D eigenvalue weighted by atomic mass is 9.82. The average Bonchev–Trinajstić information content (AvgIpc) is 2.72. The third kappa shape index (κ3) is 4.95. The van der Waals surface area contributed by atoms with Crippen molar-refractivity contribution in [1.29, 1.82) is 0 Å². The van der Waals surface area contributed by atoms with Gasteiger partial charge in [0.15, 0.2) is 5.82 Å². The Hall–Kier alpha value is -3.40. The summed E-state index contributed by atoms with van der Waals surface area (Å²) < 4.78 is 0. The van der Waals surface area contributed by atoms with Gasteiger partial charge in [-0.05, 0) is 31.0 Å². The molecule has 3 rings (SSSR count). The fraction of sp³-hybridized carbons (Fsp3) is 0.400. The van der Waals surface area contributed by atoms with E-state index in [1.54, 1.807) is 24.3 Å². The molecule has 0 bridgehead atoms. The number of primary amides is 1. The molecule has 2 aromatic rings. The number of rotatable bonds is 7. The quantitative estimate of drug-likeness (QED) is 0.394. The molecule has 30 heavy (non-hydrogen) atoms. The maximum absolute atomic E-state index is 12.5. The highest BCUT2D eigenvalue weighted by Crippen LogP contribution is 2.26. The van der Waals surface area contributed by atoms with Gasteiger partial charge >= 0.3 is 0 Å². The van der Waals surface area contributed by atoms with Gasteiger partial charge in [0.25, 0.3) is 17.4 Å². The van der Waals surface area contributed by atoms with Crippen LogP contribution in [-0.4, -0.2) is 40.9 Å². The minimum Gasteiger partial charge on any atom is -0.365 e. The summed E-state index contributed by atoms with van der Waals surface area (Å²) in [6, 6.07) is 6.58. The molecule has 1 aromatic heterocycles. The maximum Gasteiger partial charge on any atom is 0.267 e. The molecule has 10 nitrogen and oxygen atoms in total. The molecule has 160 valence electrons. The van der Waals surface area contributed by atoms with E-state index in [9.17, 15) is 14.4 Å². The number of nitrogens with zero attached hydrogens (tertiary/aromatic N) is 1. The summed E-state index contributed by atoms with van der Waals surface area (Å²) in [5.74, 6) is -0.999. The molecular formula is C20H27N7O3. The third-order valence-corrected chi connectivity index (χ3v) is 5.24. The summed E-state index contributed by atoms with van der Waals surface area (Å²) >= 11 is 0. The Bertz CT molecular complexity index is 996. The highest BCUT2D eigenvalue weighted by Gasteiger charge is 2.27. The van der Waals surface area contributed by atoms with Gasteiger partial charge < -0.3 is 27.4 Å². The van der Waals surface area contributed by atoms with Crippen molar-refractivity contribution in [2.45, 2.75) is 37.6 Å². The van der Waals surface area contributed by atoms with Gasteiger partial charge in [0.2, 0.25) is 5.95 Å². The summed E-state index contributed by atoms with van der Waals surface area (Å²) in [6.07, 6.45) is 5.08. The second-order valence-corrected chi connectivity index (χ2v) is 7.56. The fourth-order valence-electron chi connectivity index (χ4n) is 3.59. The highest BCUT2D eigenvalue weighted by atomic mass is 16.2. The molecule has 10 heteroatoms. The molecule has 0 spiro atoms. The number of carbonyl (C=O) groups is 2. The molecule has 1 fully saturated rings. The maximum atomic E-state index is 12.5. The number of hydrogen-bond donors (Lipinski definition) is 6. The van der Waals surface area contributed by atoms with Crippen LogP contribution in [0.4, 0.5) is 17.5 Å². The van der Waals surface area contributed by atoms with Crippen molar-refractivity contribution in [2.75, 3.05) is 24.2 Å². The second-order valence-electron chi connectivity index (χ2n) is 7.56. The average molecular weight is 413 g/mol. The van der Waals surface area contributed by atoms with Crippen LogP contribution in [-0.2, 0) is 0 Å². The number of carbonyl (C=O) groups excluding carboxylic acids is 2. The number of anilines is 3. The minimum atomic E-state index is -0.914. The van der Waals surface area contributed by atoms with E-state index in [2.05, 4.69) is 25.9 Å². The molecule has 2 amide bonds. The van der Waals surface area contributed by atoms with Gasteiger partial charge in [-0.25, -0.2) is 0 Å². The number of hydrogen-bond acceptors (Lipinski definition) is 7.